The molecule has 1 aromatic rings. The van der Waals surface area contributed by atoms with Crippen molar-refractivity contribution in [1.29, 1.82) is 0 Å². The SMILES string of the molecule is CC(NC(=O)Nc1cc(Cl)cc(Cl)c1)(C(=O)O)C(F)(F)F. The van der Waals surface area contributed by atoms with E-state index in [1.807, 2.05) is 5.32 Å². The van der Waals surface area contributed by atoms with Gasteiger partial charge in [-0.15, -0.1) is 0 Å². The second-order valence-corrected chi connectivity index (χ2v) is 5.04. The number of amides is 2. The molecule has 1 unspecified atom stereocenters. The lowest BCUT2D eigenvalue weighted by Gasteiger charge is -2.28. The van der Waals surface area contributed by atoms with Gasteiger partial charge in [0.2, 0.25) is 5.54 Å². The number of carbonyl (C=O) groups excluding carboxylic acids is 1. The predicted molar refractivity (Wildman–Crippen MR) is 70.7 cm³/mol. The van der Waals surface area contributed by atoms with Crippen LogP contribution in [0.15, 0.2) is 18.2 Å². The minimum Gasteiger partial charge on any atom is -0.479 e. The summed E-state index contributed by atoms with van der Waals surface area (Å²) in [5.74, 6) is -2.24. The largest absolute Gasteiger partial charge is 0.479 e. The summed E-state index contributed by atoms with van der Waals surface area (Å²) in [6.45, 7) is 0.333. The Morgan fingerprint density at radius 3 is 2.00 bits per heavy atom. The van der Waals surface area contributed by atoms with Gasteiger partial charge >= 0.3 is 18.2 Å². The Kier molecular flexibility index (Phi) is 4.95. The van der Waals surface area contributed by atoms with Crippen molar-refractivity contribution in [3.05, 3.63) is 28.2 Å². The van der Waals surface area contributed by atoms with Crippen LogP contribution in [0.5, 0.6) is 0 Å². The maximum Gasteiger partial charge on any atom is 0.422 e. The highest BCUT2D eigenvalue weighted by Gasteiger charge is 2.58. The van der Waals surface area contributed by atoms with Crippen molar-refractivity contribution in [3.8, 4) is 0 Å². The topological polar surface area (TPSA) is 78.4 Å². The second-order valence-electron chi connectivity index (χ2n) is 4.17. The highest BCUT2D eigenvalue weighted by Crippen LogP contribution is 2.30. The van der Waals surface area contributed by atoms with Gasteiger partial charge in [-0.3, -0.25) is 0 Å². The molecule has 21 heavy (non-hydrogen) atoms. The molecular weight excluding hydrogens is 336 g/mol. The van der Waals surface area contributed by atoms with Gasteiger partial charge in [0.25, 0.3) is 0 Å². The zero-order valence-electron chi connectivity index (χ0n) is 10.4. The molecule has 1 aromatic carbocycles. The van der Waals surface area contributed by atoms with Gasteiger partial charge in [-0.05, 0) is 25.1 Å². The summed E-state index contributed by atoms with van der Waals surface area (Å²) in [5, 5.41) is 12.3. The van der Waals surface area contributed by atoms with Crippen LogP contribution in [0.25, 0.3) is 0 Å². The summed E-state index contributed by atoms with van der Waals surface area (Å²) < 4.78 is 38.2. The Morgan fingerprint density at radius 2 is 1.62 bits per heavy atom. The molecule has 3 N–H and O–H groups in total. The predicted octanol–water partition coefficient (Wildman–Crippen LogP) is 3.52. The van der Waals surface area contributed by atoms with Crippen LogP contribution in [-0.4, -0.2) is 28.8 Å². The van der Waals surface area contributed by atoms with Gasteiger partial charge in [-0.25, -0.2) is 9.59 Å². The molecule has 1 atom stereocenters. The Morgan fingerprint density at radius 1 is 1.14 bits per heavy atom. The van der Waals surface area contributed by atoms with E-state index in [1.54, 1.807) is 0 Å². The fraction of sp³-hybridized carbons (Fsp3) is 0.273. The number of halogens is 5. The number of urea groups is 1. The van der Waals surface area contributed by atoms with E-state index in [0.717, 1.165) is 0 Å². The molecular formula is C11H9Cl2F3N2O3. The summed E-state index contributed by atoms with van der Waals surface area (Å²) in [5.41, 5.74) is -3.42. The average Bonchev–Trinajstić information content (AvgIpc) is 2.24. The monoisotopic (exact) mass is 344 g/mol. The third kappa shape index (κ3) is 4.15. The van der Waals surface area contributed by atoms with E-state index in [4.69, 9.17) is 28.3 Å². The third-order valence-electron chi connectivity index (χ3n) is 2.48. The molecule has 0 saturated carbocycles. The van der Waals surface area contributed by atoms with Gasteiger partial charge in [0, 0.05) is 15.7 Å². The third-order valence-corrected chi connectivity index (χ3v) is 2.92. The first-order chi connectivity index (χ1) is 9.45. The maximum atomic E-state index is 12.7. The molecule has 0 aliphatic heterocycles. The number of rotatable bonds is 3. The molecule has 2 amide bonds. The van der Waals surface area contributed by atoms with Crippen LogP contribution in [0, 0.1) is 0 Å². The van der Waals surface area contributed by atoms with Crippen LogP contribution >= 0.6 is 23.2 Å². The first-order valence-corrected chi connectivity index (χ1v) is 6.06. The van der Waals surface area contributed by atoms with Gasteiger partial charge < -0.3 is 15.7 Å². The van der Waals surface area contributed by atoms with Gasteiger partial charge in [0.15, 0.2) is 0 Å². The number of hydrogen-bond donors (Lipinski definition) is 3. The molecule has 10 heteroatoms. The number of carbonyl (C=O) groups is 2. The summed E-state index contributed by atoms with van der Waals surface area (Å²) in [6, 6.07) is 2.45. The molecule has 0 aromatic heterocycles. The number of benzene rings is 1. The van der Waals surface area contributed by atoms with E-state index in [2.05, 4.69) is 0 Å². The van der Waals surface area contributed by atoms with E-state index in [1.165, 1.54) is 23.5 Å². The molecule has 0 radical (unpaired) electrons. The van der Waals surface area contributed by atoms with Crippen LogP contribution in [0.4, 0.5) is 23.7 Å². The van der Waals surface area contributed by atoms with E-state index in [-0.39, 0.29) is 15.7 Å². The van der Waals surface area contributed by atoms with E-state index >= 15 is 0 Å². The lowest BCUT2D eigenvalue weighted by molar-refractivity contribution is -0.203. The van der Waals surface area contributed by atoms with Crippen molar-refractivity contribution in [2.75, 3.05) is 5.32 Å². The van der Waals surface area contributed by atoms with Crippen molar-refractivity contribution in [3.63, 3.8) is 0 Å². The summed E-state index contributed by atoms with van der Waals surface area (Å²) in [4.78, 5) is 22.3. The summed E-state index contributed by atoms with van der Waals surface area (Å²) >= 11 is 11.3. The van der Waals surface area contributed by atoms with Crippen LogP contribution in [0.2, 0.25) is 10.0 Å². The standard InChI is InChI=1S/C11H9Cl2F3N2O3/c1-10(8(19)20,11(14,15)16)18-9(21)17-7-3-5(12)2-6(13)4-7/h2-4H,1H3,(H,19,20)(H2,17,18,21). The Balaban J connectivity index is 2.92. The first-order valence-electron chi connectivity index (χ1n) is 5.31. The van der Waals surface area contributed by atoms with Crippen LogP contribution in [0.3, 0.4) is 0 Å². The minimum absolute atomic E-state index is 0.0138. The second kappa shape index (κ2) is 5.98. The molecule has 0 heterocycles. The van der Waals surface area contributed by atoms with Crippen molar-refractivity contribution in [1.82, 2.24) is 5.32 Å². The molecule has 0 spiro atoms. The highest BCUT2D eigenvalue weighted by atomic mass is 35.5. The van der Waals surface area contributed by atoms with Crippen molar-refractivity contribution in [2.45, 2.75) is 18.6 Å². The lowest BCUT2D eigenvalue weighted by Crippen LogP contribution is -2.62. The summed E-state index contributed by atoms with van der Waals surface area (Å²) in [6.07, 6.45) is -5.18. The van der Waals surface area contributed by atoms with Gasteiger partial charge in [-0.2, -0.15) is 13.2 Å². The normalized spacial score (nSPS) is 14.2. The van der Waals surface area contributed by atoms with Crippen molar-refractivity contribution >= 4 is 40.9 Å². The van der Waals surface area contributed by atoms with Crippen molar-refractivity contribution in [2.24, 2.45) is 0 Å². The number of hydrogen-bond acceptors (Lipinski definition) is 2. The zero-order chi connectivity index (χ0) is 16.4. The Bertz CT molecular complexity index is 560. The molecule has 0 saturated heterocycles. The fourth-order valence-corrected chi connectivity index (χ4v) is 1.79. The fourth-order valence-electron chi connectivity index (χ4n) is 1.26. The van der Waals surface area contributed by atoms with Crippen LogP contribution in [-0.2, 0) is 4.79 Å². The first kappa shape index (κ1) is 17.4. The lowest BCUT2D eigenvalue weighted by atomic mass is 10.0. The van der Waals surface area contributed by atoms with Gasteiger partial charge in [0.05, 0.1) is 0 Å². The molecule has 0 fully saturated rings. The smallest absolute Gasteiger partial charge is 0.422 e. The van der Waals surface area contributed by atoms with Crippen molar-refractivity contribution < 1.29 is 27.9 Å². The Hall–Kier alpha value is -1.67. The van der Waals surface area contributed by atoms with Crippen LogP contribution in [0.1, 0.15) is 6.92 Å². The number of alkyl halides is 3. The number of carboxylic acid groups (broad SMARTS) is 1. The van der Waals surface area contributed by atoms with Crippen LogP contribution < -0.4 is 10.6 Å². The maximum absolute atomic E-state index is 12.7. The van der Waals surface area contributed by atoms with E-state index in [0.29, 0.717) is 6.92 Å². The Labute approximate surface area is 127 Å². The number of anilines is 1. The highest BCUT2D eigenvalue weighted by molar-refractivity contribution is 6.35. The minimum atomic E-state index is -5.18. The van der Waals surface area contributed by atoms with Gasteiger partial charge in [0.1, 0.15) is 0 Å². The average molecular weight is 345 g/mol. The molecule has 116 valence electrons. The number of aliphatic carboxylic acids is 1. The summed E-state index contributed by atoms with van der Waals surface area (Å²) in [7, 11) is 0. The molecule has 0 aliphatic carbocycles. The number of nitrogens with one attached hydrogen (secondary N) is 2. The van der Waals surface area contributed by atoms with E-state index in [9.17, 15) is 22.8 Å². The number of carboxylic acids is 1. The zero-order valence-corrected chi connectivity index (χ0v) is 11.9. The quantitative estimate of drug-likeness (QED) is 0.784. The molecule has 0 aliphatic rings. The van der Waals surface area contributed by atoms with Gasteiger partial charge in [-0.1, -0.05) is 23.2 Å². The molecule has 1 rings (SSSR count). The van der Waals surface area contributed by atoms with E-state index < -0.39 is 23.7 Å². The molecule has 5 nitrogen and oxygen atoms in total. The molecule has 0 bridgehead atoms.